The van der Waals surface area contributed by atoms with Gasteiger partial charge in [-0.2, -0.15) is 0 Å². The van der Waals surface area contributed by atoms with Gasteiger partial charge in [-0.25, -0.2) is 4.39 Å². The minimum absolute atomic E-state index is 0.226. The van der Waals surface area contributed by atoms with Crippen LogP contribution in [0.25, 0.3) is 0 Å². The largest absolute Gasteiger partial charge is 0.393 e. The van der Waals surface area contributed by atoms with E-state index in [1.807, 2.05) is 4.90 Å². The molecule has 1 fully saturated rings. The van der Waals surface area contributed by atoms with Gasteiger partial charge in [-0.15, -0.1) is 0 Å². The van der Waals surface area contributed by atoms with Crippen molar-refractivity contribution in [1.82, 2.24) is 4.90 Å². The van der Waals surface area contributed by atoms with Gasteiger partial charge in [-0.05, 0) is 19.4 Å². The van der Waals surface area contributed by atoms with Crippen molar-refractivity contribution in [3.8, 4) is 0 Å². The zero-order chi connectivity index (χ0) is 9.03. The summed E-state index contributed by atoms with van der Waals surface area (Å²) in [7, 11) is 0. The molecule has 0 spiro atoms. The number of likely N-dealkylation sites (tertiary alicyclic amines) is 1. The second-order valence-corrected chi connectivity index (χ2v) is 3.45. The van der Waals surface area contributed by atoms with E-state index in [2.05, 4.69) is 0 Å². The van der Waals surface area contributed by atoms with Gasteiger partial charge in [-0.1, -0.05) is 0 Å². The van der Waals surface area contributed by atoms with Crippen molar-refractivity contribution in [2.75, 3.05) is 32.9 Å². The number of aliphatic hydroxyl groups is 2. The number of β-amino-alcohol motifs (C(OH)–C–C–N with tert-alkyl or cyclic N) is 1. The predicted molar refractivity (Wildman–Crippen MR) is 43.7 cm³/mol. The number of alkyl halides is 1. The summed E-state index contributed by atoms with van der Waals surface area (Å²) in [4.78, 5) is 1.85. The maximum atomic E-state index is 11.9. The van der Waals surface area contributed by atoms with Gasteiger partial charge in [0.05, 0.1) is 6.61 Å². The molecule has 1 atom stereocenters. The van der Waals surface area contributed by atoms with E-state index in [0.29, 0.717) is 19.5 Å². The molecule has 3 nitrogen and oxygen atoms in total. The molecule has 1 saturated heterocycles. The van der Waals surface area contributed by atoms with E-state index in [4.69, 9.17) is 5.11 Å². The minimum atomic E-state index is -0.993. The number of hydrogen-bond donors (Lipinski definition) is 2. The normalized spacial score (nSPS) is 32.2. The molecule has 72 valence electrons. The molecular formula is C8H16FNO2. The molecule has 4 heteroatoms. The summed E-state index contributed by atoms with van der Waals surface area (Å²) in [5.74, 6) is 0. The smallest absolute Gasteiger partial charge is 0.102 e. The Kier molecular flexibility index (Phi) is 3.43. The number of aliphatic hydroxyl groups excluding tert-OH is 1. The quantitative estimate of drug-likeness (QED) is 0.626. The Labute approximate surface area is 71.8 Å². The molecule has 12 heavy (non-hydrogen) atoms. The molecule has 1 aliphatic heterocycles. The highest BCUT2D eigenvalue weighted by Crippen LogP contribution is 2.19. The van der Waals surface area contributed by atoms with E-state index in [1.165, 1.54) is 0 Å². The Bertz CT molecular complexity index is 143. The fourth-order valence-corrected chi connectivity index (χ4v) is 1.65. The van der Waals surface area contributed by atoms with Gasteiger partial charge in [0, 0.05) is 13.1 Å². The summed E-state index contributed by atoms with van der Waals surface area (Å²) < 4.78 is 11.9. The van der Waals surface area contributed by atoms with Crippen molar-refractivity contribution in [3.63, 3.8) is 0 Å². The second-order valence-electron chi connectivity index (χ2n) is 3.45. The van der Waals surface area contributed by atoms with Crippen LogP contribution < -0.4 is 0 Å². The van der Waals surface area contributed by atoms with Crippen LogP contribution in [0.3, 0.4) is 0 Å². The fraction of sp³-hybridized carbons (Fsp3) is 1.00. The first-order valence-electron chi connectivity index (χ1n) is 4.32. The van der Waals surface area contributed by atoms with Crippen molar-refractivity contribution in [2.24, 2.45) is 0 Å². The number of hydrogen-bond acceptors (Lipinski definition) is 3. The summed E-state index contributed by atoms with van der Waals surface area (Å²) in [6.07, 6.45) is 1.45. The molecule has 0 radical (unpaired) electrons. The zero-order valence-electron chi connectivity index (χ0n) is 7.17. The summed E-state index contributed by atoms with van der Waals surface area (Å²) in [6, 6.07) is 0. The van der Waals surface area contributed by atoms with Crippen LogP contribution in [0.5, 0.6) is 0 Å². The lowest BCUT2D eigenvalue weighted by Crippen LogP contribution is -2.50. The molecule has 0 saturated carbocycles. The van der Waals surface area contributed by atoms with Crippen LogP contribution >= 0.6 is 0 Å². The lowest BCUT2D eigenvalue weighted by Gasteiger charge is -2.37. The van der Waals surface area contributed by atoms with Gasteiger partial charge < -0.3 is 10.2 Å². The number of nitrogens with zero attached hydrogens (tertiary/aromatic N) is 1. The highest BCUT2D eigenvalue weighted by Gasteiger charge is 2.31. The lowest BCUT2D eigenvalue weighted by molar-refractivity contribution is -0.0674. The van der Waals surface area contributed by atoms with E-state index in [1.54, 1.807) is 0 Å². The summed E-state index contributed by atoms with van der Waals surface area (Å²) in [5, 5.41) is 18.5. The SMILES string of the molecule is OCC1(O)CCCN(CCF)C1. The van der Waals surface area contributed by atoms with Gasteiger partial charge in [0.2, 0.25) is 0 Å². The number of rotatable bonds is 3. The maximum Gasteiger partial charge on any atom is 0.102 e. The van der Waals surface area contributed by atoms with Crippen molar-refractivity contribution >= 4 is 0 Å². The average molecular weight is 177 g/mol. The standard InChI is InChI=1S/C8H16FNO2/c9-3-5-10-4-1-2-8(12,6-10)7-11/h11-12H,1-7H2. The molecule has 0 aliphatic carbocycles. The van der Waals surface area contributed by atoms with Crippen molar-refractivity contribution in [1.29, 1.82) is 0 Å². The van der Waals surface area contributed by atoms with E-state index in [0.717, 1.165) is 13.0 Å². The Morgan fingerprint density at radius 1 is 1.50 bits per heavy atom. The highest BCUT2D eigenvalue weighted by atomic mass is 19.1. The van der Waals surface area contributed by atoms with Crippen molar-refractivity contribution in [3.05, 3.63) is 0 Å². The minimum Gasteiger partial charge on any atom is -0.393 e. The van der Waals surface area contributed by atoms with Crippen molar-refractivity contribution in [2.45, 2.75) is 18.4 Å². The molecule has 2 N–H and O–H groups in total. The first-order valence-corrected chi connectivity index (χ1v) is 4.32. The van der Waals surface area contributed by atoms with Gasteiger partial charge >= 0.3 is 0 Å². The van der Waals surface area contributed by atoms with Crippen LogP contribution in [-0.4, -0.2) is 53.6 Å². The van der Waals surface area contributed by atoms with Gasteiger partial charge in [-0.3, -0.25) is 4.90 Å². The summed E-state index contributed by atoms with van der Waals surface area (Å²) >= 11 is 0. The summed E-state index contributed by atoms with van der Waals surface area (Å²) in [6.45, 7) is 0.971. The highest BCUT2D eigenvalue weighted by molar-refractivity contribution is 4.86. The molecule has 1 heterocycles. The summed E-state index contributed by atoms with van der Waals surface area (Å²) in [5.41, 5.74) is -0.993. The maximum absolute atomic E-state index is 11.9. The number of piperidine rings is 1. The molecule has 0 aromatic rings. The molecular weight excluding hydrogens is 161 g/mol. The van der Waals surface area contributed by atoms with Gasteiger partial charge in [0.25, 0.3) is 0 Å². The van der Waals surface area contributed by atoms with E-state index >= 15 is 0 Å². The zero-order valence-corrected chi connectivity index (χ0v) is 7.17. The fourth-order valence-electron chi connectivity index (χ4n) is 1.65. The van der Waals surface area contributed by atoms with Crippen LogP contribution in [-0.2, 0) is 0 Å². The average Bonchev–Trinajstić information content (AvgIpc) is 2.05. The molecule has 1 unspecified atom stereocenters. The molecule has 0 bridgehead atoms. The van der Waals surface area contributed by atoms with E-state index in [9.17, 15) is 9.50 Å². The van der Waals surface area contributed by atoms with Gasteiger partial charge in [0.15, 0.2) is 0 Å². The topological polar surface area (TPSA) is 43.7 Å². The molecule has 1 rings (SSSR count). The van der Waals surface area contributed by atoms with Crippen molar-refractivity contribution < 1.29 is 14.6 Å². The van der Waals surface area contributed by atoms with Crippen LogP contribution in [0.15, 0.2) is 0 Å². The Morgan fingerprint density at radius 2 is 2.25 bits per heavy atom. The van der Waals surface area contributed by atoms with E-state index < -0.39 is 5.60 Å². The molecule has 0 amide bonds. The molecule has 0 aromatic heterocycles. The molecule has 1 aliphatic rings. The van der Waals surface area contributed by atoms with Crippen LogP contribution in [0.1, 0.15) is 12.8 Å². The van der Waals surface area contributed by atoms with Crippen LogP contribution in [0.2, 0.25) is 0 Å². The Hall–Kier alpha value is -0.190. The van der Waals surface area contributed by atoms with E-state index in [-0.39, 0.29) is 13.3 Å². The Balaban J connectivity index is 2.39. The lowest BCUT2D eigenvalue weighted by atomic mass is 9.94. The monoisotopic (exact) mass is 177 g/mol. The number of halogens is 1. The van der Waals surface area contributed by atoms with Crippen LogP contribution in [0.4, 0.5) is 4.39 Å². The third-order valence-corrected chi connectivity index (χ3v) is 2.33. The second kappa shape index (κ2) is 4.16. The third kappa shape index (κ3) is 2.40. The predicted octanol–water partition coefficient (Wildman–Crippen LogP) is -0.225. The first-order chi connectivity index (χ1) is 5.70. The third-order valence-electron chi connectivity index (χ3n) is 2.33. The van der Waals surface area contributed by atoms with Crippen LogP contribution in [0, 0.1) is 0 Å². The van der Waals surface area contributed by atoms with Gasteiger partial charge in [0.1, 0.15) is 12.3 Å². The molecule has 0 aromatic carbocycles. The Morgan fingerprint density at radius 3 is 2.83 bits per heavy atom. The first kappa shape index (κ1) is 9.89.